The van der Waals surface area contributed by atoms with Crippen LogP contribution in [0.25, 0.3) is 16.9 Å². The fourth-order valence-electron chi connectivity index (χ4n) is 2.25. The van der Waals surface area contributed by atoms with Crippen molar-refractivity contribution in [2.45, 2.75) is 13.8 Å². The van der Waals surface area contributed by atoms with Gasteiger partial charge in [0.25, 0.3) is 0 Å². The number of esters is 1. The largest absolute Gasteiger partial charge is 0.461 e. The lowest BCUT2D eigenvalue weighted by Gasteiger charge is -2.04. The summed E-state index contributed by atoms with van der Waals surface area (Å²) in [6, 6.07) is 11.4. The smallest absolute Gasteiger partial charge is 0.359 e. The van der Waals surface area contributed by atoms with Crippen LogP contribution in [0.15, 0.2) is 42.6 Å². The fraction of sp³-hybridized carbons (Fsp3) is 0.188. The summed E-state index contributed by atoms with van der Waals surface area (Å²) in [6.45, 7) is 4.03. The van der Waals surface area contributed by atoms with Crippen molar-refractivity contribution in [3.8, 4) is 11.3 Å². The summed E-state index contributed by atoms with van der Waals surface area (Å²) in [6.07, 6.45) is 1.65. The summed E-state index contributed by atoms with van der Waals surface area (Å²) in [5, 5.41) is 4.24. The number of hydrogen-bond donors (Lipinski definition) is 0. The van der Waals surface area contributed by atoms with Gasteiger partial charge in [-0.1, -0.05) is 30.3 Å². The van der Waals surface area contributed by atoms with Crippen LogP contribution in [0.3, 0.4) is 0 Å². The van der Waals surface area contributed by atoms with Crippen molar-refractivity contribution in [3.05, 3.63) is 53.9 Å². The highest BCUT2D eigenvalue weighted by molar-refractivity contribution is 5.96. The number of nitrogens with zero attached hydrogens (tertiary/aromatic N) is 3. The third-order valence-electron chi connectivity index (χ3n) is 3.23. The zero-order chi connectivity index (χ0) is 14.8. The molecular formula is C16H15N3O2. The van der Waals surface area contributed by atoms with Crippen LogP contribution in [0.5, 0.6) is 0 Å². The molecular weight excluding hydrogens is 266 g/mol. The Balaban J connectivity index is 2.30. The zero-order valence-corrected chi connectivity index (χ0v) is 11.9. The molecule has 2 heterocycles. The van der Waals surface area contributed by atoms with Gasteiger partial charge < -0.3 is 4.74 Å². The maximum Gasteiger partial charge on any atom is 0.359 e. The first-order valence-corrected chi connectivity index (χ1v) is 6.79. The number of carbonyl (C=O) groups excluding carboxylic acids is 1. The van der Waals surface area contributed by atoms with Gasteiger partial charge in [-0.3, -0.25) is 0 Å². The van der Waals surface area contributed by atoms with E-state index >= 15 is 0 Å². The molecule has 0 aliphatic carbocycles. The first-order chi connectivity index (χ1) is 10.2. The van der Waals surface area contributed by atoms with Gasteiger partial charge in [0.05, 0.1) is 6.61 Å². The van der Waals surface area contributed by atoms with Crippen molar-refractivity contribution in [2.75, 3.05) is 6.61 Å². The van der Waals surface area contributed by atoms with Crippen molar-refractivity contribution in [2.24, 2.45) is 0 Å². The van der Waals surface area contributed by atoms with Gasteiger partial charge in [0, 0.05) is 11.8 Å². The third-order valence-corrected chi connectivity index (χ3v) is 3.23. The zero-order valence-electron chi connectivity index (χ0n) is 11.9. The molecule has 0 saturated carbocycles. The Kier molecular flexibility index (Phi) is 3.39. The maximum atomic E-state index is 12.3. The van der Waals surface area contributed by atoms with Crippen LogP contribution < -0.4 is 0 Å². The highest BCUT2D eigenvalue weighted by atomic mass is 16.5. The second-order valence-electron chi connectivity index (χ2n) is 4.65. The molecule has 3 aromatic rings. The molecule has 1 aromatic carbocycles. The van der Waals surface area contributed by atoms with Crippen molar-refractivity contribution >= 4 is 11.6 Å². The third kappa shape index (κ3) is 2.27. The Morgan fingerprint density at radius 1 is 1.24 bits per heavy atom. The molecule has 0 unspecified atom stereocenters. The minimum absolute atomic E-state index is 0.312. The predicted octanol–water partition coefficient (Wildman–Crippen LogP) is 2.88. The molecule has 0 spiro atoms. The maximum absolute atomic E-state index is 12.3. The monoisotopic (exact) mass is 281 g/mol. The predicted molar refractivity (Wildman–Crippen MR) is 79.1 cm³/mol. The molecule has 5 nitrogen and oxygen atoms in total. The van der Waals surface area contributed by atoms with E-state index < -0.39 is 5.97 Å². The molecule has 5 heteroatoms. The molecule has 0 aliphatic rings. The normalized spacial score (nSPS) is 10.8. The number of carbonyl (C=O) groups is 1. The second-order valence-corrected chi connectivity index (χ2v) is 4.65. The lowest BCUT2D eigenvalue weighted by molar-refractivity contribution is 0.0517. The quantitative estimate of drug-likeness (QED) is 0.693. The number of aryl methyl sites for hydroxylation is 1. The van der Waals surface area contributed by atoms with Crippen LogP contribution in [0, 0.1) is 6.92 Å². The van der Waals surface area contributed by atoms with Crippen LogP contribution in [-0.2, 0) is 4.74 Å². The lowest BCUT2D eigenvalue weighted by atomic mass is 10.1. The minimum Gasteiger partial charge on any atom is -0.461 e. The Morgan fingerprint density at radius 3 is 2.71 bits per heavy atom. The molecule has 0 fully saturated rings. The fourth-order valence-corrected chi connectivity index (χ4v) is 2.25. The van der Waals surface area contributed by atoms with Crippen LogP contribution >= 0.6 is 0 Å². The minimum atomic E-state index is -0.415. The Bertz CT molecular complexity index is 794. The molecule has 0 N–H and O–H groups in total. The van der Waals surface area contributed by atoms with Crippen LogP contribution in [0.2, 0.25) is 0 Å². The van der Waals surface area contributed by atoms with E-state index in [4.69, 9.17) is 4.74 Å². The molecule has 0 radical (unpaired) electrons. The van der Waals surface area contributed by atoms with Gasteiger partial charge in [-0.25, -0.2) is 14.3 Å². The van der Waals surface area contributed by atoms with Crippen molar-refractivity contribution in [3.63, 3.8) is 0 Å². The van der Waals surface area contributed by atoms with Gasteiger partial charge in [0.15, 0.2) is 11.3 Å². The van der Waals surface area contributed by atoms with Gasteiger partial charge in [0.2, 0.25) is 0 Å². The summed E-state index contributed by atoms with van der Waals surface area (Å²) in [5.74, 6) is -0.415. The number of fused-ring (bicyclic) bond motifs is 1. The second kappa shape index (κ2) is 5.36. The summed E-state index contributed by atoms with van der Waals surface area (Å²) >= 11 is 0. The van der Waals surface area contributed by atoms with Crippen molar-refractivity contribution in [1.29, 1.82) is 0 Å². The van der Waals surface area contributed by atoms with E-state index in [1.807, 2.05) is 43.3 Å². The van der Waals surface area contributed by atoms with E-state index in [1.54, 1.807) is 17.6 Å². The number of imidazole rings is 1. The standard InChI is InChI=1S/C16H15N3O2/c1-3-21-16(20)14-13(12-7-5-4-6-8-12)18-15-11(2)9-10-17-19(14)15/h4-10H,3H2,1-2H3. The van der Waals surface area contributed by atoms with E-state index in [-0.39, 0.29) is 0 Å². The first kappa shape index (κ1) is 13.3. The van der Waals surface area contributed by atoms with Crippen molar-refractivity contribution in [1.82, 2.24) is 14.6 Å². The number of rotatable bonds is 3. The first-order valence-electron chi connectivity index (χ1n) is 6.79. The Hall–Kier alpha value is -2.69. The summed E-state index contributed by atoms with van der Waals surface area (Å²) < 4.78 is 6.71. The van der Waals surface area contributed by atoms with Gasteiger partial charge in [-0.05, 0) is 25.5 Å². The SMILES string of the molecule is CCOC(=O)c1c(-c2ccccc2)nc2c(C)ccnn12. The van der Waals surface area contributed by atoms with Crippen molar-refractivity contribution < 1.29 is 9.53 Å². The van der Waals surface area contributed by atoms with E-state index in [9.17, 15) is 4.79 Å². The van der Waals surface area contributed by atoms with Gasteiger partial charge in [0.1, 0.15) is 5.69 Å². The molecule has 106 valence electrons. The average Bonchev–Trinajstić information content (AvgIpc) is 2.89. The van der Waals surface area contributed by atoms with Crippen LogP contribution in [0.4, 0.5) is 0 Å². The molecule has 3 rings (SSSR count). The van der Waals surface area contributed by atoms with E-state index in [2.05, 4.69) is 10.1 Å². The molecule has 2 aromatic heterocycles. The number of ether oxygens (including phenoxy) is 1. The highest BCUT2D eigenvalue weighted by Crippen LogP contribution is 2.25. The number of benzene rings is 1. The molecule has 0 atom stereocenters. The Labute approximate surface area is 122 Å². The van der Waals surface area contributed by atoms with Gasteiger partial charge in [-0.2, -0.15) is 5.10 Å². The van der Waals surface area contributed by atoms with E-state index in [0.29, 0.717) is 23.6 Å². The topological polar surface area (TPSA) is 56.5 Å². The number of aromatic nitrogens is 3. The van der Waals surface area contributed by atoms with E-state index in [1.165, 1.54) is 0 Å². The average molecular weight is 281 g/mol. The number of hydrogen-bond acceptors (Lipinski definition) is 4. The summed E-state index contributed by atoms with van der Waals surface area (Å²) in [5.41, 5.74) is 3.44. The Morgan fingerprint density at radius 2 is 2.00 bits per heavy atom. The molecule has 0 saturated heterocycles. The van der Waals surface area contributed by atoms with Gasteiger partial charge in [-0.15, -0.1) is 0 Å². The summed E-state index contributed by atoms with van der Waals surface area (Å²) in [4.78, 5) is 16.9. The summed E-state index contributed by atoms with van der Waals surface area (Å²) in [7, 11) is 0. The lowest BCUT2D eigenvalue weighted by Crippen LogP contribution is -2.11. The molecule has 0 aliphatic heterocycles. The molecule has 0 bridgehead atoms. The highest BCUT2D eigenvalue weighted by Gasteiger charge is 2.23. The van der Waals surface area contributed by atoms with Crippen LogP contribution in [0.1, 0.15) is 23.0 Å². The van der Waals surface area contributed by atoms with E-state index in [0.717, 1.165) is 11.1 Å². The molecule has 0 amide bonds. The van der Waals surface area contributed by atoms with Gasteiger partial charge >= 0.3 is 5.97 Å². The van der Waals surface area contributed by atoms with Crippen LogP contribution in [-0.4, -0.2) is 27.2 Å². The molecule has 21 heavy (non-hydrogen) atoms.